The van der Waals surface area contributed by atoms with E-state index in [0.29, 0.717) is 19.4 Å². The molecule has 0 saturated heterocycles. The minimum atomic E-state index is -0.647. The summed E-state index contributed by atoms with van der Waals surface area (Å²) in [5.74, 6) is -0.333. The highest BCUT2D eigenvalue weighted by Gasteiger charge is 2.34. The lowest BCUT2D eigenvalue weighted by Gasteiger charge is -2.36. The highest BCUT2D eigenvalue weighted by Crippen LogP contribution is 2.25. The number of carbonyl (C=O) groups is 3. The van der Waals surface area contributed by atoms with Crippen LogP contribution in [0.25, 0.3) is 0 Å². The second kappa shape index (κ2) is 10.5. The molecule has 1 aliphatic rings. The smallest absolute Gasteiger partial charge is 0.261 e. The van der Waals surface area contributed by atoms with E-state index in [0.717, 1.165) is 21.6 Å². The molecular weight excluding hydrogens is 410 g/mol. The number of aryl methyl sites for hydroxylation is 1. The number of nitrogens with zero attached hydrogens (tertiary/aromatic N) is 1. The van der Waals surface area contributed by atoms with Gasteiger partial charge in [0.05, 0.1) is 5.75 Å². The number of nitrogens with one attached hydrogen (secondary N) is 2. The Hall–Kier alpha value is -2.80. The summed E-state index contributed by atoms with van der Waals surface area (Å²) in [6.45, 7) is 6.38. The molecule has 0 fully saturated rings. The third kappa shape index (κ3) is 6.34. The summed E-state index contributed by atoms with van der Waals surface area (Å²) in [5, 5.41) is 0. The Kier molecular flexibility index (Phi) is 7.74. The number of hydrazine groups is 1. The summed E-state index contributed by atoms with van der Waals surface area (Å²) in [7, 11) is 0. The van der Waals surface area contributed by atoms with Crippen LogP contribution in [-0.2, 0) is 27.3 Å². The molecule has 7 heteroatoms. The molecule has 6 nitrogen and oxygen atoms in total. The summed E-state index contributed by atoms with van der Waals surface area (Å²) in [4.78, 5) is 40.5. The minimum absolute atomic E-state index is 0.0501. The maximum absolute atomic E-state index is 12.9. The van der Waals surface area contributed by atoms with Crippen molar-refractivity contribution in [2.24, 2.45) is 5.92 Å². The van der Waals surface area contributed by atoms with E-state index in [1.165, 1.54) is 11.8 Å². The number of hydrogen-bond acceptors (Lipinski definition) is 4. The predicted octanol–water partition coefficient (Wildman–Crippen LogP) is 3.23. The van der Waals surface area contributed by atoms with E-state index in [9.17, 15) is 14.4 Å². The molecule has 0 radical (unpaired) electrons. The van der Waals surface area contributed by atoms with Gasteiger partial charge in [-0.2, -0.15) is 0 Å². The third-order valence-electron chi connectivity index (χ3n) is 5.17. The molecule has 1 atom stereocenters. The summed E-state index contributed by atoms with van der Waals surface area (Å²) in [6, 6.07) is 15.1. The monoisotopic (exact) mass is 439 g/mol. The Labute approximate surface area is 187 Å². The Bertz CT molecular complexity index is 943. The Morgan fingerprint density at radius 2 is 1.71 bits per heavy atom. The van der Waals surface area contributed by atoms with Crippen LogP contribution in [0.4, 0.5) is 0 Å². The maximum Gasteiger partial charge on any atom is 0.261 e. The van der Waals surface area contributed by atoms with Crippen molar-refractivity contribution in [2.75, 3.05) is 5.75 Å². The van der Waals surface area contributed by atoms with Gasteiger partial charge in [-0.3, -0.25) is 25.2 Å². The number of thioether (sulfide) groups is 1. The van der Waals surface area contributed by atoms with Gasteiger partial charge in [-0.25, -0.2) is 0 Å². The fraction of sp³-hybridized carbons (Fsp3) is 0.375. The molecule has 0 saturated carbocycles. The molecule has 2 aromatic rings. The van der Waals surface area contributed by atoms with Crippen LogP contribution in [0.1, 0.15) is 37.0 Å². The zero-order valence-electron chi connectivity index (χ0n) is 18.2. The summed E-state index contributed by atoms with van der Waals surface area (Å²) < 4.78 is 0. The van der Waals surface area contributed by atoms with Crippen LogP contribution in [0.15, 0.2) is 53.4 Å². The van der Waals surface area contributed by atoms with Gasteiger partial charge < -0.3 is 4.90 Å². The SMILES string of the molecule is Cc1ccc(SCC(=O)NNC(=O)C2Cc3ccccc3CN2C(=O)CC(C)C)cc1. The molecule has 164 valence electrons. The average Bonchev–Trinajstić information content (AvgIpc) is 2.75. The quantitative estimate of drug-likeness (QED) is 0.535. The zero-order chi connectivity index (χ0) is 22.4. The highest BCUT2D eigenvalue weighted by molar-refractivity contribution is 8.00. The molecule has 3 amide bonds. The number of rotatable bonds is 6. The molecule has 1 aliphatic heterocycles. The van der Waals surface area contributed by atoms with Gasteiger partial charge in [0.25, 0.3) is 5.91 Å². The van der Waals surface area contributed by atoms with Gasteiger partial charge in [0, 0.05) is 24.3 Å². The maximum atomic E-state index is 12.9. The van der Waals surface area contributed by atoms with Crippen LogP contribution in [0.2, 0.25) is 0 Å². The van der Waals surface area contributed by atoms with E-state index in [4.69, 9.17) is 0 Å². The molecule has 1 heterocycles. The van der Waals surface area contributed by atoms with Crippen molar-refractivity contribution in [2.45, 2.75) is 51.1 Å². The fourth-order valence-corrected chi connectivity index (χ4v) is 4.22. The van der Waals surface area contributed by atoms with Gasteiger partial charge in [-0.15, -0.1) is 11.8 Å². The van der Waals surface area contributed by atoms with Crippen LogP contribution >= 0.6 is 11.8 Å². The van der Waals surface area contributed by atoms with Crippen molar-refractivity contribution in [3.05, 3.63) is 65.2 Å². The van der Waals surface area contributed by atoms with Crippen molar-refractivity contribution in [3.8, 4) is 0 Å². The first kappa shape index (κ1) is 22.9. The largest absolute Gasteiger partial charge is 0.326 e. The fourth-order valence-electron chi connectivity index (χ4n) is 3.52. The number of hydrogen-bond donors (Lipinski definition) is 2. The average molecular weight is 440 g/mol. The van der Waals surface area contributed by atoms with Gasteiger partial charge in [0.15, 0.2) is 0 Å². The van der Waals surface area contributed by atoms with Gasteiger partial charge in [0.1, 0.15) is 6.04 Å². The van der Waals surface area contributed by atoms with E-state index in [-0.39, 0.29) is 29.4 Å². The van der Waals surface area contributed by atoms with Gasteiger partial charge in [0.2, 0.25) is 11.8 Å². The molecule has 0 aliphatic carbocycles. The van der Waals surface area contributed by atoms with Crippen LogP contribution in [0, 0.1) is 12.8 Å². The molecule has 0 spiro atoms. The predicted molar refractivity (Wildman–Crippen MR) is 122 cm³/mol. The topological polar surface area (TPSA) is 78.5 Å². The van der Waals surface area contributed by atoms with Gasteiger partial charge in [-0.1, -0.05) is 55.8 Å². The summed E-state index contributed by atoms with van der Waals surface area (Å²) >= 11 is 1.40. The normalized spacial score (nSPS) is 15.4. The van der Waals surface area contributed by atoms with Crippen LogP contribution < -0.4 is 10.9 Å². The molecule has 2 aromatic carbocycles. The van der Waals surface area contributed by atoms with E-state index >= 15 is 0 Å². The molecule has 31 heavy (non-hydrogen) atoms. The van der Waals surface area contributed by atoms with Crippen molar-refractivity contribution >= 4 is 29.5 Å². The van der Waals surface area contributed by atoms with Gasteiger partial charge in [-0.05, 0) is 36.1 Å². The molecule has 0 bridgehead atoms. The lowest BCUT2D eigenvalue weighted by Crippen LogP contribution is -2.56. The van der Waals surface area contributed by atoms with Crippen LogP contribution in [-0.4, -0.2) is 34.4 Å². The summed E-state index contributed by atoms with van der Waals surface area (Å²) in [5.41, 5.74) is 8.28. The van der Waals surface area contributed by atoms with Crippen molar-refractivity contribution in [3.63, 3.8) is 0 Å². The number of amides is 3. The standard InChI is InChI=1S/C24H29N3O3S/c1-16(2)12-23(29)27-14-19-7-5-4-6-18(19)13-21(27)24(30)26-25-22(28)15-31-20-10-8-17(3)9-11-20/h4-11,16,21H,12-15H2,1-3H3,(H,25,28)(H,26,30). The highest BCUT2D eigenvalue weighted by atomic mass is 32.2. The minimum Gasteiger partial charge on any atom is -0.326 e. The Morgan fingerprint density at radius 1 is 1.03 bits per heavy atom. The first-order valence-electron chi connectivity index (χ1n) is 10.5. The van der Waals surface area contributed by atoms with Crippen molar-refractivity contribution < 1.29 is 14.4 Å². The lowest BCUT2D eigenvalue weighted by atomic mass is 9.92. The first-order valence-corrected chi connectivity index (χ1v) is 11.5. The lowest BCUT2D eigenvalue weighted by molar-refractivity contribution is -0.143. The second-order valence-corrected chi connectivity index (χ2v) is 9.30. The van der Waals surface area contributed by atoms with E-state index < -0.39 is 6.04 Å². The van der Waals surface area contributed by atoms with E-state index in [1.54, 1.807) is 4.90 Å². The van der Waals surface area contributed by atoms with E-state index in [1.807, 2.05) is 69.3 Å². The first-order chi connectivity index (χ1) is 14.8. The molecule has 3 rings (SSSR count). The molecule has 0 aromatic heterocycles. The van der Waals surface area contributed by atoms with Crippen molar-refractivity contribution in [1.29, 1.82) is 0 Å². The van der Waals surface area contributed by atoms with E-state index in [2.05, 4.69) is 10.9 Å². The Morgan fingerprint density at radius 3 is 2.39 bits per heavy atom. The van der Waals surface area contributed by atoms with Gasteiger partial charge >= 0.3 is 0 Å². The summed E-state index contributed by atoms with van der Waals surface area (Å²) in [6.07, 6.45) is 0.811. The third-order valence-corrected chi connectivity index (χ3v) is 6.18. The molecule has 2 N–H and O–H groups in total. The second-order valence-electron chi connectivity index (χ2n) is 8.25. The number of carbonyl (C=O) groups excluding carboxylic acids is 3. The zero-order valence-corrected chi connectivity index (χ0v) is 19.0. The van der Waals surface area contributed by atoms with Crippen LogP contribution in [0.5, 0.6) is 0 Å². The van der Waals surface area contributed by atoms with Crippen molar-refractivity contribution in [1.82, 2.24) is 15.8 Å². The number of fused-ring (bicyclic) bond motifs is 1. The number of benzene rings is 2. The molecular formula is C24H29N3O3S. The molecule has 1 unspecified atom stereocenters. The Balaban J connectivity index is 1.60. The van der Waals surface area contributed by atoms with Crippen LogP contribution in [0.3, 0.4) is 0 Å².